The van der Waals surface area contributed by atoms with E-state index in [-0.39, 0.29) is 95.0 Å². The monoisotopic (exact) mass is 1570 g/mol. The van der Waals surface area contributed by atoms with Gasteiger partial charge in [-0.15, -0.1) is 0 Å². The molecule has 4 N–H and O–H groups in total. The number of nitrogens with one attached hydrogen (secondary N) is 4. The Kier molecular flexibility index (Phi) is 25.2. The number of hydrogen-bond acceptors (Lipinski definition) is 22. The number of phosphoric acid groups is 1. The molecule has 12 atom stereocenters. The van der Waals surface area contributed by atoms with Gasteiger partial charge in [0.1, 0.15) is 53.7 Å². The second-order valence-corrected chi connectivity index (χ2v) is 31.3. The summed E-state index contributed by atoms with van der Waals surface area (Å²) in [6, 6.07) is 39.5. The molecule has 0 radical (unpaired) electrons. The predicted octanol–water partition coefficient (Wildman–Crippen LogP) is 12.3. The minimum absolute atomic E-state index is 0.000818. The molecule has 3 aliphatic heterocycles. The van der Waals surface area contributed by atoms with Crippen molar-refractivity contribution in [2.24, 2.45) is 11.8 Å². The molecular formula is C76H85Cl2N11O18P2. The highest BCUT2D eigenvalue weighted by molar-refractivity contribution is 7.49. The molecule has 0 aliphatic carbocycles. The fourth-order valence-corrected chi connectivity index (χ4v) is 17.7. The number of hydrogen-bond donors (Lipinski definition) is 4. The van der Waals surface area contributed by atoms with E-state index in [9.17, 15) is 34.0 Å². The van der Waals surface area contributed by atoms with Crippen LogP contribution in [0.25, 0.3) is 11.2 Å². The molecule has 12 rings (SSSR count). The number of fused-ring (bicyclic) bond motifs is 1. The number of phosphoric ester groups is 1. The van der Waals surface area contributed by atoms with Crippen LogP contribution < -0.4 is 47.4 Å². The molecule has 3 saturated heterocycles. The number of carbonyl (C=O) groups is 1. The van der Waals surface area contributed by atoms with Crippen molar-refractivity contribution >= 4 is 62.6 Å². The molecule has 0 saturated carbocycles. The van der Waals surface area contributed by atoms with E-state index in [4.69, 9.17) is 74.2 Å². The molecule has 9 aromatic rings. The molecule has 3 aliphatic rings. The number of carbonyl (C=O) groups excluding carboxylic acids is 1. The molecule has 0 bridgehead atoms. The quantitative estimate of drug-likeness (QED) is 0.0178. The van der Waals surface area contributed by atoms with Gasteiger partial charge in [-0.25, -0.2) is 23.8 Å². The number of methoxy groups -OCH3 is 2. The number of imidazole rings is 1. The first-order chi connectivity index (χ1) is 52.3. The average molecular weight is 1570 g/mol. The van der Waals surface area contributed by atoms with Gasteiger partial charge in [0, 0.05) is 71.2 Å². The number of halogens is 2. The summed E-state index contributed by atoms with van der Waals surface area (Å²) >= 11 is 14.0. The fraction of sp³-hybridized carbons (Fsp3) is 0.408. The van der Waals surface area contributed by atoms with Crippen molar-refractivity contribution in [3.63, 3.8) is 0 Å². The Morgan fingerprint density at radius 3 is 1.90 bits per heavy atom. The number of ether oxygens (including phenoxy) is 6. The normalized spacial score (nSPS) is 21.3. The summed E-state index contributed by atoms with van der Waals surface area (Å²) in [6.07, 6.45) is -5.81. The van der Waals surface area contributed by atoms with E-state index in [2.05, 4.69) is 36.3 Å². The SMILES string of the molecule is COc1ccc(C(OC[C@@H]2O[C@@H](n3cc(C)c(=O)[nH]c3=O)C[C@H]2C(c2cccc(Cl)c2)[C@H]2O[C@@H](n3cc(C)c(=O)[nH]c3=O)C[C@@H]2OP(=O)(OC[C@H]2O[C@@H](n3cnc4c(=O)[nH]c(NC(=O)C(C)C)nc43)C[C@@H]2OP(OCCC#N)N(C(C)C)C(C)C)Oc2ccccc2Cl)(c2ccccc2)c2ccc(OC)cc2)cc1. The third kappa shape index (κ3) is 17.6. The van der Waals surface area contributed by atoms with Gasteiger partial charge in [-0.05, 0) is 119 Å². The van der Waals surface area contributed by atoms with Crippen molar-refractivity contribution in [1.29, 1.82) is 5.26 Å². The minimum Gasteiger partial charge on any atom is -0.497 e. The fourth-order valence-electron chi connectivity index (χ4n) is 14.0. The third-order valence-corrected chi connectivity index (χ3v) is 23.4. The van der Waals surface area contributed by atoms with Crippen molar-refractivity contribution in [2.45, 2.75) is 154 Å². The zero-order chi connectivity index (χ0) is 77.6. The molecule has 7 heterocycles. The summed E-state index contributed by atoms with van der Waals surface area (Å²) in [4.78, 5) is 98.0. The van der Waals surface area contributed by atoms with Crippen LogP contribution in [-0.4, -0.2) is 126 Å². The zero-order valence-electron chi connectivity index (χ0n) is 61.4. The summed E-state index contributed by atoms with van der Waals surface area (Å²) < 4.78 is 97.0. The second-order valence-electron chi connectivity index (χ2n) is 27.5. The van der Waals surface area contributed by atoms with E-state index >= 15 is 4.57 Å². The van der Waals surface area contributed by atoms with Gasteiger partial charge in [0.25, 0.3) is 25.2 Å². The smallest absolute Gasteiger partial charge is 0.497 e. The number of amides is 1. The molecule has 33 heteroatoms. The van der Waals surface area contributed by atoms with Crippen LogP contribution >= 0.6 is 39.6 Å². The molecule has 29 nitrogen and oxygen atoms in total. The molecule has 109 heavy (non-hydrogen) atoms. The van der Waals surface area contributed by atoms with Gasteiger partial charge in [-0.2, -0.15) is 10.2 Å². The number of rotatable bonds is 31. The Balaban J connectivity index is 0.995. The Hall–Kier alpha value is -8.95. The second kappa shape index (κ2) is 34.5. The number of aromatic amines is 3. The number of H-pyrrole nitrogens is 3. The first-order valence-corrected chi connectivity index (χ1v) is 38.9. The van der Waals surface area contributed by atoms with E-state index in [0.717, 1.165) is 0 Å². The maximum absolute atomic E-state index is 16.8. The summed E-state index contributed by atoms with van der Waals surface area (Å²) in [5, 5.41) is 12.6. The van der Waals surface area contributed by atoms with Crippen molar-refractivity contribution < 1.29 is 60.4 Å². The Morgan fingerprint density at radius 1 is 0.716 bits per heavy atom. The van der Waals surface area contributed by atoms with Gasteiger partial charge in [-0.1, -0.05) is 116 Å². The van der Waals surface area contributed by atoms with E-state index < -0.39 is 129 Å². The van der Waals surface area contributed by atoms with Crippen molar-refractivity contribution in [2.75, 3.05) is 39.4 Å². The van der Waals surface area contributed by atoms with Crippen LogP contribution in [0.15, 0.2) is 170 Å². The van der Waals surface area contributed by atoms with E-state index in [1.165, 1.54) is 51.5 Å². The zero-order valence-corrected chi connectivity index (χ0v) is 64.7. The molecule has 1 amide bonds. The maximum Gasteiger partial charge on any atom is 0.530 e. The Labute approximate surface area is 638 Å². The van der Waals surface area contributed by atoms with Crippen LogP contribution in [0.4, 0.5) is 5.95 Å². The minimum atomic E-state index is -5.27. The van der Waals surface area contributed by atoms with Gasteiger partial charge in [0.05, 0.1) is 76.2 Å². The summed E-state index contributed by atoms with van der Waals surface area (Å²) in [7, 11) is -4.15. The lowest BCUT2D eigenvalue weighted by Crippen LogP contribution is -2.41. The number of nitriles is 1. The lowest BCUT2D eigenvalue weighted by atomic mass is 9.76. The molecule has 5 aromatic carbocycles. The standard InChI is InChI=1S/C76H85Cl2N11O18P2/c1-43(2)69(90)82-73-81-68-66(72(93)83-73)80-42-88(68)64-36-58(105-108(100-33-17-32-79)89(44(3)4)45(5)6)61(103-64)41-101-109(96,106-57-23-15-14-22-56(57)78)107-59-37-63(87-39-47(8)71(92)85-75(87)95)104-67(59)65(48-18-16-21-52(77)34-48)55-35-62(86-38-46(7)70(91)84-74(86)94)102-60(55)40-99-76(49-19-12-11-13-20-49,50-24-28-53(97-9)29-25-50)51-26-30-54(98-10)31-27-51/h11-16,18-31,34,38-39,42-45,55,58-65,67H,17,33,35-37,40-41H2,1-10H3,(H,84,91,94)(H,85,92,95)(H2,81,82,83,90,93)/t55-,58+,59+,60+,61-,62-,63-,64-,65?,67+,108?,109?/m1/s1. The topological polar surface area (TPSA) is 348 Å². The maximum atomic E-state index is 16.8. The number of para-hydroxylation sites is 1. The lowest BCUT2D eigenvalue weighted by molar-refractivity contribution is -0.118. The third-order valence-electron chi connectivity index (χ3n) is 19.3. The molecule has 3 fully saturated rings. The van der Waals surface area contributed by atoms with Crippen LogP contribution in [-0.2, 0) is 52.0 Å². The largest absolute Gasteiger partial charge is 0.530 e. The van der Waals surface area contributed by atoms with Crippen molar-refractivity contribution in [3.8, 4) is 23.3 Å². The van der Waals surface area contributed by atoms with Crippen LogP contribution in [0.5, 0.6) is 17.2 Å². The number of aromatic nitrogens is 8. The molecule has 4 aromatic heterocycles. The summed E-state index contributed by atoms with van der Waals surface area (Å²) in [6.45, 7) is 13.4. The predicted molar refractivity (Wildman–Crippen MR) is 406 cm³/mol. The van der Waals surface area contributed by atoms with Crippen LogP contribution in [0.2, 0.25) is 10.0 Å². The van der Waals surface area contributed by atoms with Crippen molar-refractivity contribution in [1.82, 2.24) is 43.3 Å². The Bertz CT molecular complexity index is 5060. The summed E-state index contributed by atoms with van der Waals surface area (Å²) in [5.74, 6) is -1.92. The number of aryl methyl sites for hydroxylation is 2. The number of anilines is 1. The van der Waals surface area contributed by atoms with Gasteiger partial charge >= 0.3 is 19.2 Å². The summed E-state index contributed by atoms with van der Waals surface area (Å²) in [5.41, 5.74) is -2.07. The lowest BCUT2D eigenvalue weighted by Gasteiger charge is -2.39. The van der Waals surface area contributed by atoms with E-state index in [0.29, 0.717) is 33.8 Å². The first-order valence-electron chi connectivity index (χ1n) is 35.5. The first kappa shape index (κ1) is 79.6. The van der Waals surface area contributed by atoms with Crippen molar-refractivity contribution in [3.05, 3.63) is 242 Å². The highest BCUT2D eigenvalue weighted by Crippen LogP contribution is 2.59. The molecule has 576 valence electrons. The molecular weight excluding hydrogens is 1490 g/mol. The average Bonchev–Trinajstić information content (AvgIpc) is 1.74. The van der Waals surface area contributed by atoms with Gasteiger partial charge in [-0.3, -0.25) is 62.2 Å². The van der Waals surface area contributed by atoms with Crippen LogP contribution in [0.1, 0.15) is 125 Å². The van der Waals surface area contributed by atoms with Gasteiger partial charge in [0.2, 0.25) is 11.9 Å². The van der Waals surface area contributed by atoms with Gasteiger partial charge in [0.15, 0.2) is 11.2 Å². The number of benzene rings is 5. The number of nitrogens with zero attached hydrogens (tertiary/aromatic N) is 7. The highest BCUT2D eigenvalue weighted by Gasteiger charge is 2.55. The van der Waals surface area contributed by atoms with Crippen LogP contribution in [0.3, 0.4) is 0 Å². The molecule has 0 spiro atoms. The van der Waals surface area contributed by atoms with Gasteiger partial charge < -0.3 is 42.0 Å². The Morgan fingerprint density at radius 2 is 1.30 bits per heavy atom. The van der Waals surface area contributed by atoms with E-state index in [1.807, 2.05) is 117 Å². The van der Waals surface area contributed by atoms with Crippen LogP contribution in [0, 0.1) is 37.0 Å². The highest BCUT2D eigenvalue weighted by atomic mass is 35.5. The molecule has 3 unspecified atom stereocenters. The van der Waals surface area contributed by atoms with E-state index in [1.54, 1.807) is 65.3 Å².